The molecule has 1 heterocycles. The van der Waals surface area contributed by atoms with Gasteiger partial charge in [-0.25, -0.2) is 13.6 Å². The van der Waals surface area contributed by atoms with Crippen LogP contribution in [0.25, 0.3) is 11.0 Å². The lowest BCUT2D eigenvalue weighted by Crippen LogP contribution is -2.30. The first-order chi connectivity index (χ1) is 13.2. The van der Waals surface area contributed by atoms with Crippen molar-refractivity contribution in [2.24, 2.45) is 0 Å². The Bertz CT molecular complexity index is 1140. The van der Waals surface area contributed by atoms with E-state index in [4.69, 9.17) is 20.8 Å². The van der Waals surface area contributed by atoms with Gasteiger partial charge in [0.05, 0.1) is 5.39 Å². The largest absolute Gasteiger partial charge is 0.449 e. The molecular weight excluding hydrogens is 396 g/mol. The molecule has 0 unspecified atom stereocenters. The topological polar surface area (TPSA) is 85.6 Å². The minimum Gasteiger partial charge on any atom is -0.449 e. The summed E-state index contributed by atoms with van der Waals surface area (Å²) >= 11 is 5.82. The highest BCUT2D eigenvalue weighted by Gasteiger charge is 2.22. The van der Waals surface area contributed by atoms with E-state index in [0.29, 0.717) is 5.02 Å². The van der Waals surface area contributed by atoms with Crippen LogP contribution in [0.2, 0.25) is 5.02 Å². The smallest absolute Gasteiger partial charge is 0.375 e. The minimum atomic E-state index is -1.30. The molecule has 3 aromatic rings. The van der Waals surface area contributed by atoms with Gasteiger partial charge in [-0.15, -0.1) is 0 Å². The number of hydrogen-bond donors (Lipinski definition) is 1. The molecule has 1 atom stereocenters. The van der Waals surface area contributed by atoms with Gasteiger partial charge in [0, 0.05) is 22.8 Å². The average Bonchev–Trinajstić information content (AvgIpc) is 2.65. The molecule has 0 radical (unpaired) electrons. The van der Waals surface area contributed by atoms with Crippen molar-refractivity contribution in [3.8, 4) is 0 Å². The Morgan fingerprint density at radius 1 is 1.11 bits per heavy atom. The van der Waals surface area contributed by atoms with E-state index < -0.39 is 40.8 Å². The maximum Gasteiger partial charge on any atom is 0.375 e. The summed E-state index contributed by atoms with van der Waals surface area (Å²) in [5.74, 6) is -4.42. The average molecular weight is 408 g/mol. The monoisotopic (exact) mass is 407 g/mol. The van der Waals surface area contributed by atoms with Crippen LogP contribution in [0.4, 0.5) is 14.5 Å². The fourth-order valence-corrected chi connectivity index (χ4v) is 2.49. The number of esters is 1. The lowest BCUT2D eigenvalue weighted by Gasteiger charge is -2.13. The number of ether oxygens (including phenoxy) is 1. The van der Waals surface area contributed by atoms with Gasteiger partial charge in [-0.2, -0.15) is 0 Å². The Morgan fingerprint density at radius 3 is 2.57 bits per heavy atom. The normalized spacial score (nSPS) is 11.9. The lowest BCUT2D eigenvalue weighted by atomic mass is 10.2. The van der Waals surface area contributed by atoms with Crippen LogP contribution in [0.3, 0.4) is 0 Å². The maximum atomic E-state index is 13.2. The van der Waals surface area contributed by atoms with Crippen LogP contribution < -0.4 is 10.7 Å². The van der Waals surface area contributed by atoms with Crippen molar-refractivity contribution < 1.29 is 27.5 Å². The number of hydrogen-bond acceptors (Lipinski definition) is 5. The zero-order valence-electron chi connectivity index (χ0n) is 14.3. The van der Waals surface area contributed by atoms with Gasteiger partial charge in [-0.3, -0.25) is 9.59 Å². The minimum absolute atomic E-state index is 0.0130. The third-order valence-electron chi connectivity index (χ3n) is 3.73. The number of benzene rings is 2. The number of anilines is 1. The van der Waals surface area contributed by atoms with Gasteiger partial charge >= 0.3 is 5.97 Å². The van der Waals surface area contributed by atoms with Crippen LogP contribution in [0.15, 0.2) is 51.7 Å². The van der Waals surface area contributed by atoms with E-state index >= 15 is 0 Å². The van der Waals surface area contributed by atoms with Crippen LogP contribution in [-0.2, 0) is 9.53 Å². The molecule has 0 bridgehead atoms. The van der Waals surface area contributed by atoms with Gasteiger partial charge in [0.25, 0.3) is 5.91 Å². The molecule has 144 valence electrons. The second-order valence-corrected chi connectivity index (χ2v) is 6.22. The third kappa shape index (κ3) is 4.17. The zero-order valence-corrected chi connectivity index (χ0v) is 15.0. The van der Waals surface area contributed by atoms with E-state index in [1.165, 1.54) is 25.1 Å². The summed E-state index contributed by atoms with van der Waals surface area (Å²) in [5.41, 5.74) is -0.391. The Morgan fingerprint density at radius 2 is 1.86 bits per heavy atom. The highest BCUT2D eigenvalue weighted by molar-refractivity contribution is 6.31. The van der Waals surface area contributed by atoms with Crippen molar-refractivity contribution >= 4 is 40.1 Å². The molecule has 0 aliphatic rings. The summed E-state index contributed by atoms with van der Waals surface area (Å²) < 4.78 is 36.4. The van der Waals surface area contributed by atoms with Crippen molar-refractivity contribution in [1.82, 2.24) is 0 Å². The van der Waals surface area contributed by atoms with Gasteiger partial charge in [0.1, 0.15) is 5.58 Å². The highest BCUT2D eigenvalue weighted by atomic mass is 35.5. The second-order valence-electron chi connectivity index (χ2n) is 5.78. The summed E-state index contributed by atoms with van der Waals surface area (Å²) in [4.78, 5) is 36.4. The van der Waals surface area contributed by atoms with Gasteiger partial charge in [0.15, 0.2) is 23.2 Å². The molecule has 2 aromatic carbocycles. The van der Waals surface area contributed by atoms with Gasteiger partial charge in [0.2, 0.25) is 5.76 Å². The number of carbonyl (C=O) groups excluding carboxylic acids is 2. The van der Waals surface area contributed by atoms with Crippen LogP contribution in [-0.4, -0.2) is 18.0 Å². The van der Waals surface area contributed by atoms with Gasteiger partial charge < -0.3 is 14.5 Å². The van der Waals surface area contributed by atoms with E-state index in [1.54, 1.807) is 0 Å². The zero-order chi connectivity index (χ0) is 20.4. The number of rotatable bonds is 4. The fourth-order valence-electron chi connectivity index (χ4n) is 2.32. The molecule has 1 amide bonds. The van der Waals surface area contributed by atoms with Crippen molar-refractivity contribution in [3.63, 3.8) is 0 Å². The Labute approximate surface area is 161 Å². The molecule has 0 saturated carbocycles. The van der Waals surface area contributed by atoms with Crippen LogP contribution in [0.5, 0.6) is 0 Å². The number of halogens is 3. The number of carbonyl (C=O) groups is 2. The summed E-state index contributed by atoms with van der Waals surface area (Å²) in [6.07, 6.45) is -1.30. The standard InChI is InChI=1S/C19H12ClF2NO5/c1-9(18(25)23-11-3-4-13(21)14(22)7-11)27-19(26)17-8-15(24)12-6-10(20)2-5-16(12)28-17/h2-9H,1H3,(H,23,25)/t9-/m1/s1. The van der Waals surface area contributed by atoms with E-state index in [0.717, 1.165) is 24.3 Å². The van der Waals surface area contributed by atoms with Crippen LogP contribution in [0, 0.1) is 11.6 Å². The molecule has 6 nitrogen and oxygen atoms in total. The number of fused-ring (bicyclic) bond motifs is 1. The Kier molecular flexibility index (Phi) is 5.41. The highest BCUT2D eigenvalue weighted by Crippen LogP contribution is 2.18. The van der Waals surface area contributed by atoms with Gasteiger partial charge in [-0.1, -0.05) is 11.6 Å². The van der Waals surface area contributed by atoms with Crippen LogP contribution in [0.1, 0.15) is 17.5 Å². The molecule has 0 aliphatic heterocycles. The molecule has 0 fully saturated rings. The first-order valence-electron chi connectivity index (χ1n) is 7.95. The van der Waals surface area contributed by atoms with Crippen molar-refractivity contribution in [1.29, 1.82) is 0 Å². The van der Waals surface area contributed by atoms with Crippen molar-refractivity contribution in [2.45, 2.75) is 13.0 Å². The van der Waals surface area contributed by atoms with E-state index in [2.05, 4.69) is 5.32 Å². The molecule has 3 rings (SSSR count). The molecule has 0 aliphatic carbocycles. The molecule has 9 heteroatoms. The Balaban J connectivity index is 1.73. The second kappa shape index (κ2) is 7.77. The number of nitrogens with one attached hydrogen (secondary N) is 1. The van der Waals surface area contributed by atoms with E-state index in [9.17, 15) is 23.2 Å². The van der Waals surface area contributed by atoms with Crippen LogP contribution >= 0.6 is 11.6 Å². The lowest BCUT2D eigenvalue weighted by molar-refractivity contribution is -0.123. The first kappa shape index (κ1) is 19.5. The molecular formula is C19H12ClF2NO5. The van der Waals surface area contributed by atoms with E-state index in [1.807, 2.05) is 0 Å². The predicted octanol–water partition coefficient (Wildman–Crippen LogP) is 3.91. The molecule has 1 aromatic heterocycles. The fraction of sp³-hybridized carbons (Fsp3) is 0.105. The molecule has 0 saturated heterocycles. The molecule has 1 N–H and O–H groups in total. The summed E-state index contributed by atoms with van der Waals surface area (Å²) in [5, 5.41) is 2.80. The molecule has 28 heavy (non-hydrogen) atoms. The SMILES string of the molecule is C[C@@H](OC(=O)c1cc(=O)c2cc(Cl)ccc2o1)C(=O)Nc1ccc(F)c(F)c1. The van der Waals surface area contributed by atoms with Crippen molar-refractivity contribution in [3.05, 3.63) is 75.1 Å². The number of amides is 1. The maximum absolute atomic E-state index is 13.2. The van der Waals surface area contributed by atoms with Crippen molar-refractivity contribution in [2.75, 3.05) is 5.32 Å². The Hall–Kier alpha value is -3.26. The third-order valence-corrected chi connectivity index (χ3v) is 3.97. The van der Waals surface area contributed by atoms with Gasteiger partial charge in [-0.05, 0) is 37.3 Å². The summed E-state index contributed by atoms with van der Waals surface area (Å²) in [6, 6.07) is 8.02. The molecule has 0 spiro atoms. The summed E-state index contributed by atoms with van der Waals surface area (Å²) in [7, 11) is 0. The van der Waals surface area contributed by atoms with E-state index in [-0.39, 0.29) is 16.7 Å². The quantitative estimate of drug-likeness (QED) is 0.663. The first-order valence-corrected chi connectivity index (χ1v) is 8.32. The summed E-state index contributed by atoms with van der Waals surface area (Å²) in [6.45, 7) is 1.27. The predicted molar refractivity (Wildman–Crippen MR) is 97.4 cm³/mol.